The van der Waals surface area contributed by atoms with Gasteiger partial charge in [-0.15, -0.1) is 0 Å². The zero-order chi connectivity index (χ0) is 15.6. The van der Waals surface area contributed by atoms with E-state index >= 15 is 0 Å². The van der Waals surface area contributed by atoms with Gasteiger partial charge >= 0.3 is 0 Å². The maximum absolute atomic E-state index is 12.4. The van der Waals surface area contributed by atoms with Gasteiger partial charge in [-0.3, -0.25) is 0 Å². The highest BCUT2D eigenvalue weighted by molar-refractivity contribution is 7.89. The van der Waals surface area contributed by atoms with Gasteiger partial charge < -0.3 is 10.6 Å². The summed E-state index contributed by atoms with van der Waals surface area (Å²) in [6.07, 6.45) is 1.87. The van der Waals surface area contributed by atoms with E-state index in [0.717, 1.165) is 31.5 Å². The number of sulfonamides is 1. The van der Waals surface area contributed by atoms with Crippen LogP contribution in [0.3, 0.4) is 0 Å². The summed E-state index contributed by atoms with van der Waals surface area (Å²) in [6, 6.07) is 4.79. The SMILES string of the molecule is Cc1cc(S(=O)(=O)NC2CCCN(C)C2)ccc1C(N)=S. The van der Waals surface area contributed by atoms with E-state index in [0.29, 0.717) is 5.56 Å². The molecule has 1 atom stereocenters. The third-order valence-electron chi connectivity index (χ3n) is 3.72. The van der Waals surface area contributed by atoms with Crippen LogP contribution >= 0.6 is 12.2 Å². The Morgan fingerprint density at radius 3 is 2.76 bits per heavy atom. The lowest BCUT2D eigenvalue weighted by atomic mass is 10.1. The Morgan fingerprint density at radius 1 is 1.48 bits per heavy atom. The number of rotatable bonds is 4. The van der Waals surface area contributed by atoms with Gasteiger partial charge in [-0.1, -0.05) is 18.3 Å². The van der Waals surface area contributed by atoms with Gasteiger partial charge in [0, 0.05) is 18.2 Å². The Morgan fingerprint density at radius 2 is 2.19 bits per heavy atom. The zero-order valence-electron chi connectivity index (χ0n) is 12.3. The summed E-state index contributed by atoms with van der Waals surface area (Å²) in [6.45, 7) is 3.56. The van der Waals surface area contributed by atoms with Gasteiger partial charge in [0.05, 0.1) is 4.90 Å². The number of hydrogen-bond donors (Lipinski definition) is 2. The molecular formula is C14H21N3O2S2. The monoisotopic (exact) mass is 327 g/mol. The molecule has 5 nitrogen and oxygen atoms in total. The summed E-state index contributed by atoms with van der Waals surface area (Å²) < 4.78 is 27.7. The predicted molar refractivity (Wildman–Crippen MR) is 87.9 cm³/mol. The Labute approximate surface area is 131 Å². The fourth-order valence-electron chi connectivity index (χ4n) is 2.63. The van der Waals surface area contributed by atoms with Crippen LogP contribution in [0.25, 0.3) is 0 Å². The molecule has 1 aliphatic rings. The van der Waals surface area contributed by atoms with Crippen LogP contribution in [0.15, 0.2) is 23.1 Å². The van der Waals surface area contributed by atoms with Crippen molar-refractivity contribution < 1.29 is 8.42 Å². The number of likely N-dealkylation sites (tertiary alicyclic amines) is 1. The molecule has 0 aliphatic carbocycles. The van der Waals surface area contributed by atoms with E-state index in [9.17, 15) is 8.42 Å². The summed E-state index contributed by atoms with van der Waals surface area (Å²) >= 11 is 4.94. The van der Waals surface area contributed by atoms with Gasteiger partial charge in [0.15, 0.2) is 0 Å². The van der Waals surface area contributed by atoms with Gasteiger partial charge in [0.1, 0.15) is 4.99 Å². The molecule has 1 fully saturated rings. The highest BCUT2D eigenvalue weighted by atomic mass is 32.2. The molecule has 1 aromatic rings. The lowest BCUT2D eigenvalue weighted by molar-refractivity contribution is 0.242. The first-order valence-electron chi connectivity index (χ1n) is 6.91. The fourth-order valence-corrected chi connectivity index (χ4v) is 4.21. The first-order valence-corrected chi connectivity index (χ1v) is 8.80. The summed E-state index contributed by atoms with van der Waals surface area (Å²) in [4.78, 5) is 2.67. The smallest absolute Gasteiger partial charge is 0.240 e. The zero-order valence-corrected chi connectivity index (χ0v) is 13.9. The Bertz CT molecular complexity index is 644. The van der Waals surface area contributed by atoms with Gasteiger partial charge in [-0.25, -0.2) is 13.1 Å². The second-order valence-corrected chi connectivity index (χ2v) is 7.72. The molecule has 0 spiro atoms. The van der Waals surface area contributed by atoms with E-state index in [1.807, 2.05) is 14.0 Å². The molecular weight excluding hydrogens is 306 g/mol. The second-order valence-electron chi connectivity index (χ2n) is 5.56. The largest absolute Gasteiger partial charge is 0.389 e. The number of hydrogen-bond acceptors (Lipinski definition) is 4. The molecule has 116 valence electrons. The fraction of sp³-hybridized carbons (Fsp3) is 0.500. The van der Waals surface area contributed by atoms with E-state index in [2.05, 4.69) is 9.62 Å². The van der Waals surface area contributed by atoms with Crippen molar-refractivity contribution in [1.82, 2.24) is 9.62 Å². The van der Waals surface area contributed by atoms with Crippen molar-refractivity contribution in [3.8, 4) is 0 Å². The molecule has 1 unspecified atom stereocenters. The predicted octanol–water partition coefficient (Wildman–Crippen LogP) is 1.00. The minimum atomic E-state index is -3.51. The number of nitrogens with one attached hydrogen (secondary N) is 1. The number of nitrogens with two attached hydrogens (primary N) is 1. The lowest BCUT2D eigenvalue weighted by Crippen LogP contribution is -2.46. The summed E-state index contributed by atoms with van der Waals surface area (Å²) in [5, 5.41) is 0. The van der Waals surface area contributed by atoms with Crippen molar-refractivity contribution in [3.05, 3.63) is 29.3 Å². The number of aryl methyl sites for hydroxylation is 1. The van der Waals surface area contributed by atoms with Crippen molar-refractivity contribution in [3.63, 3.8) is 0 Å². The number of thiocarbonyl (C=S) groups is 1. The molecule has 0 aromatic heterocycles. The molecule has 3 N–H and O–H groups in total. The standard InChI is InChI=1S/C14H21N3O2S2/c1-10-8-12(5-6-13(10)14(15)20)21(18,19)16-11-4-3-7-17(2)9-11/h5-6,8,11,16H,3-4,7,9H2,1-2H3,(H2,15,20). The van der Waals surface area contributed by atoms with Gasteiger partial charge in [-0.2, -0.15) is 0 Å². The van der Waals surface area contributed by atoms with Crippen LogP contribution in [-0.2, 0) is 10.0 Å². The minimum Gasteiger partial charge on any atom is -0.389 e. The maximum Gasteiger partial charge on any atom is 0.240 e. The van der Waals surface area contributed by atoms with Crippen molar-refractivity contribution in [2.24, 2.45) is 5.73 Å². The topological polar surface area (TPSA) is 75.4 Å². The highest BCUT2D eigenvalue weighted by Crippen LogP contribution is 2.17. The average Bonchev–Trinajstić information content (AvgIpc) is 2.37. The van der Waals surface area contributed by atoms with Crippen molar-refractivity contribution >= 4 is 27.2 Å². The van der Waals surface area contributed by atoms with Gasteiger partial charge in [-0.05, 0) is 51.1 Å². The van der Waals surface area contributed by atoms with Gasteiger partial charge in [0.25, 0.3) is 0 Å². The average molecular weight is 327 g/mol. The minimum absolute atomic E-state index is 0.0377. The number of likely N-dealkylation sites (N-methyl/N-ethyl adjacent to an activating group) is 1. The molecule has 0 saturated carbocycles. The van der Waals surface area contributed by atoms with Gasteiger partial charge in [0.2, 0.25) is 10.0 Å². The molecule has 1 aromatic carbocycles. The molecule has 21 heavy (non-hydrogen) atoms. The molecule has 0 bridgehead atoms. The molecule has 1 saturated heterocycles. The summed E-state index contributed by atoms with van der Waals surface area (Å²) in [5.41, 5.74) is 7.08. The third-order valence-corrected chi connectivity index (χ3v) is 5.46. The highest BCUT2D eigenvalue weighted by Gasteiger charge is 2.24. The third kappa shape index (κ3) is 4.00. The van der Waals surface area contributed by atoms with E-state index < -0.39 is 10.0 Å². The van der Waals surface area contributed by atoms with E-state index in [-0.39, 0.29) is 15.9 Å². The number of nitrogens with zero attached hydrogens (tertiary/aromatic N) is 1. The first kappa shape index (κ1) is 16.4. The Kier molecular flexibility index (Phi) is 4.98. The molecule has 0 amide bonds. The Balaban J connectivity index is 2.19. The van der Waals surface area contributed by atoms with Crippen LogP contribution in [0.4, 0.5) is 0 Å². The molecule has 2 rings (SSSR count). The number of piperidine rings is 1. The maximum atomic E-state index is 12.4. The quantitative estimate of drug-likeness (QED) is 0.807. The first-order chi connectivity index (χ1) is 9.79. The van der Waals surface area contributed by atoms with Crippen molar-refractivity contribution in [1.29, 1.82) is 0 Å². The number of benzene rings is 1. The lowest BCUT2D eigenvalue weighted by Gasteiger charge is -2.30. The van der Waals surface area contributed by atoms with E-state index in [1.54, 1.807) is 18.2 Å². The van der Waals surface area contributed by atoms with Crippen LogP contribution in [0.1, 0.15) is 24.0 Å². The Hall–Kier alpha value is -1.02. The van der Waals surface area contributed by atoms with E-state index in [4.69, 9.17) is 18.0 Å². The molecule has 7 heteroatoms. The second kappa shape index (κ2) is 6.39. The normalized spacial score (nSPS) is 20.4. The molecule has 1 heterocycles. The van der Waals surface area contributed by atoms with Crippen LogP contribution in [0, 0.1) is 6.92 Å². The van der Waals surface area contributed by atoms with Crippen LogP contribution < -0.4 is 10.5 Å². The van der Waals surface area contributed by atoms with Crippen LogP contribution in [0.2, 0.25) is 0 Å². The molecule has 1 aliphatic heterocycles. The van der Waals surface area contributed by atoms with Crippen molar-refractivity contribution in [2.75, 3.05) is 20.1 Å². The summed E-state index contributed by atoms with van der Waals surface area (Å²) in [7, 11) is -1.51. The molecule has 0 radical (unpaired) electrons. The van der Waals surface area contributed by atoms with Crippen LogP contribution in [0.5, 0.6) is 0 Å². The van der Waals surface area contributed by atoms with Crippen LogP contribution in [-0.4, -0.2) is 44.5 Å². The van der Waals surface area contributed by atoms with E-state index in [1.165, 1.54) is 0 Å². The summed E-state index contributed by atoms with van der Waals surface area (Å²) in [5.74, 6) is 0. The van der Waals surface area contributed by atoms with Crippen molar-refractivity contribution in [2.45, 2.75) is 30.7 Å².